The number of carbonyl (C=O) groups is 1. The van der Waals surface area contributed by atoms with E-state index in [1.54, 1.807) is 13.1 Å². The van der Waals surface area contributed by atoms with Crippen molar-refractivity contribution in [3.8, 4) is 0 Å². The zero-order chi connectivity index (χ0) is 14.4. The number of Topliss-reactive ketones (excluding diaryl/α,β-unsaturated/α-hetero) is 1. The van der Waals surface area contributed by atoms with E-state index < -0.39 is 0 Å². The number of ketones is 1. The van der Waals surface area contributed by atoms with Crippen LogP contribution in [-0.4, -0.2) is 23.4 Å². The first-order chi connectivity index (χ1) is 9.01. The summed E-state index contributed by atoms with van der Waals surface area (Å²) in [6.07, 6.45) is 3.91. The van der Waals surface area contributed by atoms with E-state index >= 15 is 0 Å². The van der Waals surface area contributed by atoms with E-state index in [9.17, 15) is 4.79 Å². The summed E-state index contributed by atoms with van der Waals surface area (Å²) in [6, 6.07) is 4.15. The van der Waals surface area contributed by atoms with Crippen LogP contribution >= 0.6 is 0 Å². The molecule has 0 unspecified atom stereocenters. The Kier molecular flexibility index (Phi) is 6.00. The maximum absolute atomic E-state index is 11.8. The van der Waals surface area contributed by atoms with Gasteiger partial charge in [-0.15, -0.1) is 0 Å². The molecule has 0 saturated heterocycles. The normalized spacial score (nSPS) is 11.1. The van der Waals surface area contributed by atoms with Gasteiger partial charge >= 0.3 is 0 Å². The highest BCUT2D eigenvalue weighted by molar-refractivity contribution is 5.98. The first kappa shape index (κ1) is 15.7. The van der Waals surface area contributed by atoms with E-state index in [2.05, 4.69) is 37.6 Å². The Morgan fingerprint density at radius 3 is 2.42 bits per heavy atom. The molecule has 0 radical (unpaired) electrons. The molecule has 0 spiro atoms. The maximum Gasteiger partial charge on any atom is 0.163 e. The molecule has 106 valence electrons. The van der Waals surface area contributed by atoms with Gasteiger partial charge in [0.25, 0.3) is 0 Å². The number of rotatable bonds is 7. The molecule has 0 aromatic carbocycles. The third-order valence-corrected chi connectivity index (χ3v) is 3.38. The molecular weight excluding hydrogens is 236 g/mol. The van der Waals surface area contributed by atoms with Gasteiger partial charge in [0, 0.05) is 18.8 Å². The van der Waals surface area contributed by atoms with Gasteiger partial charge in [0.2, 0.25) is 0 Å². The van der Waals surface area contributed by atoms with Crippen LogP contribution in [0.1, 0.15) is 57.8 Å². The number of pyridine rings is 1. The number of anilines is 1. The van der Waals surface area contributed by atoms with E-state index in [4.69, 9.17) is 0 Å². The van der Waals surface area contributed by atoms with Crippen molar-refractivity contribution in [1.29, 1.82) is 0 Å². The first-order valence-electron chi connectivity index (χ1n) is 7.23. The molecule has 0 aliphatic heterocycles. The molecule has 0 bridgehead atoms. The van der Waals surface area contributed by atoms with Gasteiger partial charge in [-0.2, -0.15) is 0 Å². The largest absolute Gasteiger partial charge is 0.353 e. The third kappa shape index (κ3) is 4.05. The zero-order valence-corrected chi connectivity index (χ0v) is 12.8. The summed E-state index contributed by atoms with van der Waals surface area (Å²) in [5.74, 6) is 1.47. The van der Waals surface area contributed by atoms with Crippen LogP contribution in [-0.2, 0) is 0 Å². The minimum Gasteiger partial charge on any atom is -0.353 e. The van der Waals surface area contributed by atoms with Gasteiger partial charge in [0.05, 0.1) is 5.56 Å². The van der Waals surface area contributed by atoms with Crippen LogP contribution in [0, 0.1) is 5.92 Å². The molecule has 1 aromatic rings. The molecule has 3 nitrogen and oxygen atoms in total. The highest BCUT2D eigenvalue weighted by Gasteiger charge is 2.21. The van der Waals surface area contributed by atoms with E-state index in [0.29, 0.717) is 12.0 Å². The highest BCUT2D eigenvalue weighted by Crippen LogP contribution is 2.24. The Morgan fingerprint density at radius 2 is 1.95 bits per heavy atom. The fraction of sp³-hybridized carbons (Fsp3) is 0.625. The molecule has 0 saturated carbocycles. The smallest absolute Gasteiger partial charge is 0.163 e. The molecule has 1 aromatic heterocycles. The molecule has 0 atom stereocenters. The standard InChI is InChI=1S/C16H26N2O/c1-6-14(7-2)18(11-12(3)4)16-15(13(5)19)9-8-10-17-16/h8-10,12,14H,6-7,11H2,1-5H3. The number of aromatic nitrogens is 1. The Bertz CT molecular complexity index is 411. The molecule has 0 amide bonds. The summed E-state index contributed by atoms with van der Waals surface area (Å²) in [5, 5.41) is 0. The van der Waals surface area contributed by atoms with Crippen molar-refractivity contribution in [2.75, 3.05) is 11.4 Å². The second-order valence-corrected chi connectivity index (χ2v) is 5.45. The summed E-state index contributed by atoms with van der Waals surface area (Å²) in [7, 11) is 0. The number of hydrogen-bond donors (Lipinski definition) is 0. The predicted octanol–water partition coefficient (Wildman–Crippen LogP) is 3.94. The lowest BCUT2D eigenvalue weighted by atomic mass is 10.1. The monoisotopic (exact) mass is 262 g/mol. The fourth-order valence-electron chi connectivity index (χ4n) is 2.43. The summed E-state index contributed by atoms with van der Waals surface area (Å²) >= 11 is 0. The number of hydrogen-bond acceptors (Lipinski definition) is 3. The second-order valence-electron chi connectivity index (χ2n) is 5.45. The van der Waals surface area contributed by atoms with Crippen LogP contribution in [0.5, 0.6) is 0 Å². The molecule has 0 aliphatic carbocycles. The maximum atomic E-state index is 11.8. The van der Waals surface area contributed by atoms with Crippen molar-refractivity contribution in [1.82, 2.24) is 4.98 Å². The van der Waals surface area contributed by atoms with Gasteiger partial charge in [-0.05, 0) is 37.8 Å². The molecule has 0 fully saturated rings. The zero-order valence-electron chi connectivity index (χ0n) is 12.8. The van der Waals surface area contributed by atoms with Crippen molar-refractivity contribution in [3.63, 3.8) is 0 Å². The Balaban J connectivity index is 3.20. The van der Waals surface area contributed by atoms with Gasteiger partial charge in [0.15, 0.2) is 5.78 Å². The quantitative estimate of drug-likeness (QED) is 0.698. The lowest BCUT2D eigenvalue weighted by molar-refractivity contribution is 0.101. The topological polar surface area (TPSA) is 33.2 Å². The lowest BCUT2D eigenvalue weighted by Gasteiger charge is -2.34. The van der Waals surface area contributed by atoms with Crippen molar-refractivity contribution >= 4 is 11.6 Å². The molecule has 19 heavy (non-hydrogen) atoms. The average molecular weight is 262 g/mol. The highest BCUT2D eigenvalue weighted by atomic mass is 16.1. The summed E-state index contributed by atoms with van der Waals surface area (Å²) in [4.78, 5) is 18.6. The summed E-state index contributed by atoms with van der Waals surface area (Å²) in [6.45, 7) is 11.3. The van der Waals surface area contributed by atoms with E-state index in [1.165, 1.54) is 0 Å². The average Bonchev–Trinajstić information content (AvgIpc) is 2.38. The van der Waals surface area contributed by atoms with E-state index in [-0.39, 0.29) is 5.78 Å². The van der Waals surface area contributed by atoms with Crippen molar-refractivity contribution in [2.24, 2.45) is 5.92 Å². The Morgan fingerprint density at radius 1 is 1.32 bits per heavy atom. The van der Waals surface area contributed by atoms with Gasteiger partial charge in [0.1, 0.15) is 5.82 Å². The number of carbonyl (C=O) groups excluding carboxylic acids is 1. The van der Waals surface area contributed by atoms with E-state index in [1.807, 2.05) is 12.1 Å². The van der Waals surface area contributed by atoms with Gasteiger partial charge in [-0.3, -0.25) is 4.79 Å². The minimum atomic E-state index is 0.0859. The molecule has 3 heteroatoms. The number of nitrogens with zero attached hydrogens (tertiary/aromatic N) is 2. The van der Waals surface area contributed by atoms with Crippen LogP contribution in [0.25, 0.3) is 0 Å². The predicted molar refractivity (Wildman–Crippen MR) is 80.8 cm³/mol. The van der Waals surface area contributed by atoms with Crippen LogP contribution < -0.4 is 4.90 Å². The Labute approximate surface area is 117 Å². The summed E-state index contributed by atoms with van der Waals surface area (Å²) < 4.78 is 0. The third-order valence-electron chi connectivity index (χ3n) is 3.38. The Hall–Kier alpha value is -1.38. The van der Waals surface area contributed by atoms with E-state index in [0.717, 1.165) is 30.8 Å². The van der Waals surface area contributed by atoms with Gasteiger partial charge < -0.3 is 4.90 Å². The summed E-state index contributed by atoms with van der Waals surface area (Å²) in [5.41, 5.74) is 0.732. The molecular formula is C16H26N2O. The minimum absolute atomic E-state index is 0.0859. The first-order valence-corrected chi connectivity index (χ1v) is 7.23. The lowest BCUT2D eigenvalue weighted by Crippen LogP contribution is -2.38. The van der Waals surface area contributed by atoms with Gasteiger partial charge in [-0.25, -0.2) is 4.98 Å². The van der Waals surface area contributed by atoms with Crippen molar-refractivity contribution in [2.45, 2.75) is 53.5 Å². The van der Waals surface area contributed by atoms with Gasteiger partial charge in [-0.1, -0.05) is 27.7 Å². The van der Waals surface area contributed by atoms with Crippen molar-refractivity contribution in [3.05, 3.63) is 23.9 Å². The molecule has 0 aliphatic rings. The molecule has 1 rings (SSSR count). The SMILES string of the molecule is CCC(CC)N(CC(C)C)c1ncccc1C(C)=O. The van der Waals surface area contributed by atoms with Crippen LogP contribution in [0.15, 0.2) is 18.3 Å². The second kappa shape index (κ2) is 7.27. The van der Waals surface area contributed by atoms with Crippen LogP contribution in [0.3, 0.4) is 0 Å². The molecule has 0 N–H and O–H groups in total. The van der Waals surface area contributed by atoms with Crippen LogP contribution in [0.4, 0.5) is 5.82 Å². The fourth-order valence-corrected chi connectivity index (χ4v) is 2.43. The molecule has 1 heterocycles. The van der Waals surface area contributed by atoms with Crippen molar-refractivity contribution < 1.29 is 4.79 Å². The van der Waals surface area contributed by atoms with Crippen LogP contribution in [0.2, 0.25) is 0 Å².